The Morgan fingerprint density at radius 3 is 2.35 bits per heavy atom. The van der Waals surface area contributed by atoms with E-state index in [4.69, 9.17) is 0 Å². The molecule has 0 atom stereocenters. The summed E-state index contributed by atoms with van der Waals surface area (Å²) in [6.07, 6.45) is 0. The molecule has 2 rings (SSSR count). The molecule has 2 aromatic rings. The Bertz CT molecular complexity index is 780. The molecule has 0 fully saturated rings. The van der Waals surface area contributed by atoms with E-state index in [1.54, 1.807) is 12.1 Å². The van der Waals surface area contributed by atoms with Gasteiger partial charge in [-0.05, 0) is 35.9 Å². The predicted molar refractivity (Wildman–Crippen MR) is 98.8 cm³/mol. The summed E-state index contributed by atoms with van der Waals surface area (Å²) in [5, 5.41) is 5.55. The lowest BCUT2D eigenvalue weighted by atomic mass is 10.1. The van der Waals surface area contributed by atoms with Crippen molar-refractivity contribution in [1.29, 1.82) is 0 Å². The van der Waals surface area contributed by atoms with E-state index in [-0.39, 0.29) is 23.5 Å². The zero-order valence-electron chi connectivity index (χ0n) is 14.5. The van der Waals surface area contributed by atoms with Crippen molar-refractivity contribution >= 4 is 29.3 Å². The molecule has 0 radical (unpaired) electrons. The Morgan fingerprint density at radius 1 is 1.04 bits per heavy atom. The Hall–Kier alpha value is -2.41. The maximum Gasteiger partial charge on any atom is 0.230 e. The van der Waals surface area contributed by atoms with Gasteiger partial charge in [0, 0.05) is 23.0 Å². The molecular weight excluding hydrogens is 358 g/mol. The summed E-state index contributed by atoms with van der Waals surface area (Å²) in [5.41, 5.74) is 1.59. The standard InChI is InChI=1S/C19H20F2N2O2S/c1-12(2)19(25)23-14-5-3-13(4-6-14)10-22-18(24)11-26-15-7-8-16(20)17(21)9-15/h3-9,12H,10-11H2,1-2H3,(H,22,24)(H,23,25). The molecule has 0 bridgehead atoms. The Morgan fingerprint density at radius 2 is 1.73 bits per heavy atom. The number of hydrogen-bond donors (Lipinski definition) is 2. The molecule has 4 nitrogen and oxygen atoms in total. The van der Waals surface area contributed by atoms with Gasteiger partial charge in [-0.3, -0.25) is 9.59 Å². The first-order chi connectivity index (χ1) is 12.3. The average Bonchev–Trinajstić information content (AvgIpc) is 2.62. The molecule has 0 saturated carbocycles. The lowest BCUT2D eigenvalue weighted by Crippen LogP contribution is -2.24. The van der Waals surface area contributed by atoms with Gasteiger partial charge in [-0.1, -0.05) is 26.0 Å². The lowest BCUT2D eigenvalue weighted by molar-refractivity contribution is -0.119. The Labute approximate surface area is 155 Å². The molecule has 0 aliphatic carbocycles. The molecule has 0 aliphatic rings. The van der Waals surface area contributed by atoms with Gasteiger partial charge in [0.25, 0.3) is 0 Å². The number of rotatable bonds is 7. The van der Waals surface area contributed by atoms with Gasteiger partial charge in [-0.15, -0.1) is 11.8 Å². The van der Waals surface area contributed by atoms with Gasteiger partial charge >= 0.3 is 0 Å². The van der Waals surface area contributed by atoms with E-state index in [2.05, 4.69) is 10.6 Å². The van der Waals surface area contributed by atoms with E-state index < -0.39 is 11.6 Å². The summed E-state index contributed by atoms with van der Waals surface area (Å²) >= 11 is 1.13. The van der Waals surface area contributed by atoms with Crippen LogP contribution in [-0.2, 0) is 16.1 Å². The van der Waals surface area contributed by atoms with Crippen LogP contribution in [0.1, 0.15) is 19.4 Å². The molecular formula is C19H20F2N2O2S. The van der Waals surface area contributed by atoms with Crippen LogP contribution in [0.3, 0.4) is 0 Å². The molecule has 138 valence electrons. The van der Waals surface area contributed by atoms with E-state index in [0.717, 1.165) is 29.5 Å². The molecule has 0 heterocycles. The molecule has 0 spiro atoms. The topological polar surface area (TPSA) is 58.2 Å². The number of carbonyl (C=O) groups is 2. The van der Waals surface area contributed by atoms with Crippen LogP contribution in [0.4, 0.5) is 14.5 Å². The second-order valence-corrected chi connectivity index (χ2v) is 7.03. The Kier molecular flexibility index (Phi) is 7.15. The van der Waals surface area contributed by atoms with E-state index >= 15 is 0 Å². The van der Waals surface area contributed by atoms with Crippen LogP contribution in [0, 0.1) is 17.6 Å². The first-order valence-corrected chi connectivity index (χ1v) is 9.08. The number of thioether (sulfide) groups is 1. The summed E-state index contributed by atoms with van der Waals surface area (Å²) in [6, 6.07) is 10.7. The minimum Gasteiger partial charge on any atom is -0.351 e. The van der Waals surface area contributed by atoms with Crippen LogP contribution in [0.5, 0.6) is 0 Å². The fraction of sp³-hybridized carbons (Fsp3) is 0.263. The minimum atomic E-state index is -0.931. The van der Waals surface area contributed by atoms with Crippen molar-refractivity contribution < 1.29 is 18.4 Å². The minimum absolute atomic E-state index is 0.0553. The maximum absolute atomic E-state index is 13.1. The third-order valence-electron chi connectivity index (χ3n) is 3.50. The van der Waals surface area contributed by atoms with Gasteiger partial charge in [0.15, 0.2) is 11.6 Å². The van der Waals surface area contributed by atoms with Crippen LogP contribution in [0.15, 0.2) is 47.4 Å². The molecule has 2 aromatic carbocycles. The van der Waals surface area contributed by atoms with Crippen LogP contribution in [0.2, 0.25) is 0 Å². The number of benzene rings is 2. The van der Waals surface area contributed by atoms with Gasteiger partial charge < -0.3 is 10.6 Å². The molecule has 7 heteroatoms. The van der Waals surface area contributed by atoms with Crippen LogP contribution < -0.4 is 10.6 Å². The monoisotopic (exact) mass is 378 g/mol. The smallest absolute Gasteiger partial charge is 0.230 e. The summed E-state index contributed by atoms with van der Waals surface area (Å²) in [4.78, 5) is 24.0. The highest BCUT2D eigenvalue weighted by atomic mass is 32.2. The number of carbonyl (C=O) groups excluding carboxylic acids is 2. The van der Waals surface area contributed by atoms with Crippen molar-refractivity contribution in [3.63, 3.8) is 0 Å². The zero-order chi connectivity index (χ0) is 19.1. The largest absolute Gasteiger partial charge is 0.351 e. The van der Waals surface area contributed by atoms with Crippen LogP contribution in [0.25, 0.3) is 0 Å². The number of hydrogen-bond acceptors (Lipinski definition) is 3. The molecule has 26 heavy (non-hydrogen) atoms. The molecule has 0 unspecified atom stereocenters. The zero-order valence-corrected chi connectivity index (χ0v) is 15.3. The molecule has 2 amide bonds. The van der Waals surface area contributed by atoms with Gasteiger partial charge in [-0.25, -0.2) is 8.78 Å². The number of amides is 2. The summed E-state index contributed by atoms with van der Waals surface area (Å²) in [7, 11) is 0. The number of anilines is 1. The van der Waals surface area contributed by atoms with Crippen LogP contribution >= 0.6 is 11.8 Å². The normalized spacial score (nSPS) is 10.7. The number of halogens is 2. The quantitative estimate of drug-likeness (QED) is 0.717. The second-order valence-electron chi connectivity index (χ2n) is 5.98. The van der Waals surface area contributed by atoms with Crippen molar-refractivity contribution in [2.24, 2.45) is 5.92 Å². The van der Waals surface area contributed by atoms with Crippen molar-refractivity contribution in [2.45, 2.75) is 25.3 Å². The van der Waals surface area contributed by atoms with Crippen molar-refractivity contribution in [3.8, 4) is 0 Å². The lowest BCUT2D eigenvalue weighted by Gasteiger charge is -2.09. The van der Waals surface area contributed by atoms with E-state index in [9.17, 15) is 18.4 Å². The van der Waals surface area contributed by atoms with Gasteiger partial charge in [-0.2, -0.15) is 0 Å². The van der Waals surface area contributed by atoms with E-state index in [1.807, 2.05) is 26.0 Å². The van der Waals surface area contributed by atoms with E-state index in [0.29, 0.717) is 17.1 Å². The summed E-state index contributed by atoms with van der Waals surface area (Å²) < 4.78 is 26.0. The number of nitrogens with one attached hydrogen (secondary N) is 2. The van der Waals surface area contributed by atoms with Gasteiger partial charge in [0.05, 0.1) is 5.75 Å². The second kappa shape index (κ2) is 9.33. The van der Waals surface area contributed by atoms with Crippen molar-refractivity contribution in [1.82, 2.24) is 5.32 Å². The van der Waals surface area contributed by atoms with Crippen molar-refractivity contribution in [3.05, 3.63) is 59.7 Å². The molecule has 0 aliphatic heterocycles. The van der Waals surface area contributed by atoms with Gasteiger partial charge in [0.1, 0.15) is 0 Å². The van der Waals surface area contributed by atoms with E-state index in [1.165, 1.54) is 6.07 Å². The highest BCUT2D eigenvalue weighted by molar-refractivity contribution is 8.00. The average molecular weight is 378 g/mol. The molecule has 0 saturated heterocycles. The van der Waals surface area contributed by atoms with Crippen LogP contribution in [-0.4, -0.2) is 17.6 Å². The SMILES string of the molecule is CC(C)C(=O)Nc1ccc(CNC(=O)CSc2ccc(F)c(F)c2)cc1. The van der Waals surface area contributed by atoms with Crippen molar-refractivity contribution in [2.75, 3.05) is 11.1 Å². The third-order valence-corrected chi connectivity index (χ3v) is 4.49. The highest BCUT2D eigenvalue weighted by Crippen LogP contribution is 2.20. The maximum atomic E-state index is 13.1. The molecule has 0 aromatic heterocycles. The molecule has 2 N–H and O–H groups in total. The van der Waals surface area contributed by atoms with Gasteiger partial charge in [0.2, 0.25) is 11.8 Å². The fourth-order valence-corrected chi connectivity index (χ4v) is 2.71. The predicted octanol–water partition coefficient (Wildman–Crippen LogP) is 3.97. The first kappa shape index (κ1) is 19.9. The third kappa shape index (κ3) is 6.15. The highest BCUT2D eigenvalue weighted by Gasteiger charge is 2.08. The summed E-state index contributed by atoms with van der Waals surface area (Å²) in [6.45, 7) is 3.98. The first-order valence-electron chi connectivity index (χ1n) is 8.09. The fourth-order valence-electron chi connectivity index (χ4n) is 1.96. The summed E-state index contributed by atoms with van der Waals surface area (Å²) in [5.74, 6) is -2.10. The Balaban J connectivity index is 1.78.